The summed E-state index contributed by atoms with van der Waals surface area (Å²) in [4.78, 5) is 71.1. The lowest BCUT2D eigenvalue weighted by Gasteiger charge is -2.36. The molecule has 2 bridgehead atoms. The van der Waals surface area contributed by atoms with Crippen LogP contribution >= 0.6 is 0 Å². The van der Waals surface area contributed by atoms with Gasteiger partial charge >= 0.3 is 12.2 Å². The van der Waals surface area contributed by atoms with E-state index in [-0.39, 0.29) is 35.9 Å². The third-order valence-corrected chi connectivity index (χ3v) is 12.1. The number of benzene rings is 3. The summed E-state index contributed by atoms with van der Waals surface area (Å²) in [5.41, 5.74) is 5.92. The van der Waals surface area contributed by atoms with E-state index in [1.807, 2.05) is 36.0 Å². The van der Waals surface area contributed by atoms with Crippen molar-refractivity contribution in [2.24, 2.45) is 11.8 Å². The van der Waals surface area contributed by atoms with Gasteiger partial charge in [0, 0.05) is 18.2 Å². The number of nitrogens with one attached hydrogen (secondary N) is 4. The van der Waals surface area contributed by atoms with Crippen molar-refractivity contribution in [3.63, 3.8) is 0 Å². The predicted octanol–water partition coefficient (Wildman–Crippen LogP) is 7.13. The molecule has 1 saturated carbocycles. The van der Waals surface area contributed by atoms with Crippen LogP contribution in [0.2, 0.25) is 0 Å². The van der Waals surface area contributed by atoms with E-state index in [1.54, 1.807) is 6.92 Å². The number of carbonyl (C=O) groups excluding carboxylic acids is 4. The molecule has 2 saturated heterocycles. The van der Waals surface area contributed by atoms with E-state index < -0.39 is 24.3 Å². The third kappa shape index (κ3) is 7.38. The van der Waals surface area contributed by atoms with Crippen LogP contribution in [0.25, 0.3) is 44.4 Å². The number of nitrogens with zero attached hydrogens (tertiary/aromatic N) is 4. The van der Waals surface area contributed by atoms with E-state index >= 15 is 0 Å². The van der Waals surface area contributed by atoms with Gasteiger partial charge in [0.25, 0.3) is 0 Å². The van der Waals surface area contributed by atoms with E-state index in [2.05, 4.69) is 81.3 Å². The van der Waals surface area contributed by atoms with Crippen LogP contribution in [-0.2, 0) is 19.1 Å². The lowest BCUT2D eigenvalue weighted by atomic mass is 9.97. The van der Waals surface area contributed by atoms with Crippen molar-refractivity contribution in [2.75, 3.05) is 20.8 Å². The first-order valence-electron chi connectivity index (χ1n) is 20.1. The highest BCUT2D eigenvalue weighted by Crippen LogP contribution is 2.50. The molecule has 58 heavy (non-hydrogen) atoms. The van der Waals surface area contributed by atoms with Gasteiger partial charge in [-0.25, -0.2) is 19.6 Å². The molecule has 8 rings (SSSR count). The number of hydrogen-bond donors (Lipinski definition) is 4. The molecular weight excluding hydrogens is 737 g/mol. The van der Waals surface area contributed by atoms with Crippen LogP contribution in [0, 0.1) is 11.8 Å². The molecule has 3 aromatic carbocycles. The molecule has 0 unspecified atom stereocenters. The van der Waals surface area contributed by atoms with Crippen molar-refractivity contribution in [1.82, 2.24) is 40.4 Å². The van der Waals surface area contributed by atoms with E-state index in [9.17, 15) is 19.2 Å². The fourth-order valence-corrected chi connectivity index (χ4v) is 9.09. The van der Waals surface area contributed by atoms with Gasteiger partial charge in [-0.1, -0.05) is 62.4 Å². The molecule has 1 aliphatic carbocycles. The van der Waals surface area contributed by atoms with Gasteiger partial charge in [-0.2, -0.15) is 0 Å². The Kier molecular flexibility index (Phi) is 10.7. The number of carbonyl (C=O) groups is 4. The van der Waals surface area contributed by atoms with E-state index in [4.69, 9.17) is 19.4 Å². The van der Waals surface area contributed by atoms with Crippen LogP contribution in [-0.4, -0.2) is 92.6 Å². The molecule has 0 spiro atoms. The van der Waals surface area contributed by atoms with E-state index in [0.717, 1.165) is 88.2 Å². The second kappa shape index (κ2) is 16.0. The van der Waals surface area contributed by atoms with Crippen molar-refractivity contribution in [1.29, 1.82) is 0 Å². The first-order valence-corrected chi connectivity index (χ1v) is 20.1. The molecule has 4 amide bonds. The van der Waals surface area contributed by atoms with Gasteiger partial charge < -0.3 is 39.9 Å². The van der Waals surface area contributed by atoms with Crippen LogP contribution < -0.4 is 10.6 Å². The summed E-state index contributed by atoms with van der Waals surface area (Å²) in [6, 6.07) is 19.5. The Morgan fingerprint density at radius 1 is 0.724 bits per heavy atom. The second-order valence-electron chi connectivity index (χ2n) is 16.0. The van der Waals surface area contributed by atoms with Crippen molar-refractivity contribution in [3.05, 3.63) is 84.7 Å². The lowest BCUT2D eigenvalue weighted by molar-refractivity contribution is -0.138. The van der Waals surface area contributed by atoms with Crippen LogP contribution in [0.5, 0.6) is 0 Å². The highest BCUT2D eigenvalue weighted by molar-refractivity contribution is 5.91. The minimum absolute atomic E-state index is 0.103. The Morgan fingerprint density at radius 3 is 2.03 bits per heavy atom. The average molecular weight is 787 g/mol. The molecule has 2 aliphatic heterocycles. The summed E-state index contributed by atoms with van der Waals surface area (Å²) in [6.07, 6.45) is 6.98. The maximum Gasteiger partial charge on any atom is 0.407 e. The number of H-pyrrole nitrogens is 2. The zero-order valence-electron chi connectivity index (χ0n) is 33.5. The second-order valence-corrected chi connectivity index (χ2v) is 16.0. The number of methoxy groups -OCH3 is 2. The number of aromatic nitrogens is 4. The molecule has 6 atom stereocenters. The van der Waals surface area contributed by atoms with Gasteiger partial charge in [0.2, 0.25) is 11.8 Å². The highest BCUT2D eigenvalue weighted by Gasteiger charge is 2.50. The Balaban J connectivity index is 0.949. The lowest BCUT2D eigenvalue weighted by Crippen LogP contribution is -2.51. The van der Waals surface area contributed by atoms with E-state index in [1.165, 1.54) is 14.2 Å². The maximum atomic E-state index is 13.6. The monoisotopic (exact) mass is 786 g/mol. The molecule has 3 aliphatic rings. The molecule has 0 radical (unpaired) electrons. The molecular formula is C44H50N8O6. The van der Waals surface area contributed by atoms with E-state index in [0.29, 0.717) is 12.5 Å². The summed E-state index contributed by atoms with van der Waals surface area (Å²) in [5, 5.41) is 7.53. The molecule has 3 fully saturated rings. The summed E-state index contributed by atoms with van der Waals surface area (Å²) >= 11 is 0. The van der Waals surface area contributed by atoms with Crippen molar-refractivity contribution in [2.45, 2.75) is 83.1 Å². The van der Waals surface area contributed by atoms with Crippen LogP contribution in [0.4, 0.5) is 9.59 Å². The number of amides is 4. The van der Waals surface area contributed by atoms with Gasteiger partial charge in [0.1, 0.15) is 23.7 Å². The van der Waals surface area contributed by atoms with Gasteiger partial charge in [-0.05, 0) is 90.5 Å². The first kappa shape index (κ1) is 38.7. The Morgan fingerprint density at radius 2 is 1.33 bits per heavy atom. The molecule has 4 N–H and O–H groups in total. The number of hydrogen-bond acceptors (Lipinski definition) is 8. The quantitative estimate of drug-likeness (QED) is 0.116. The minimum Gasteiger partial charge on any atom is -0.453 e. The smallest absolute Gasteiger partial charge is 0.407 e. The van der Waals surface area contributed by atoms with Gasteiger partial charge in [-0.15, -0.1) is 0 Å². The molecule has 302 valence electrons. The number of piperidine rings is 1. The van der Waals surface area contributed by atoms with Crippen molar-refractivity contribution in [3.8, 4) is 33.6 Å². The normalized spacial score (nSPS) is 21.0. The number of likely N-dealkylation sites (tertiary alicyclic amines) is 2. The summed E-state index contributed by atoms with van der Waals surface area (Å²) in [7, 11) is 2.58. The largest absolute Gasteiger partial charge is 0.453 e. The number of rotatable bonds is 10. The number of ether oxygens (including phenoxy) is 2. The number of aromatic amines is 2. The SMILES string of the molecule is COC(=O)N[C@@H](C)C(=O)N1[C@@H]2CC[C@@H](C2)[C@H]1c1ncc(-c2ccc3cc(-c4ccc(-c5cnc([C@@H]6CCCN6C(=O)[C@@H](NC(=O)OC)C(C)C)[nH]5)cc4)ccc3c2)[nH]1. The predicted molar refractivity (Wildman–Crippen MR) is 218 cm³/mol. The fourth-order valence-electron chi connectivity index (χ4n) is 9.09. The minimum atomic E-state index is -0.701. The number of fused-ring (bicyclic) bond motifs is 3. The number of imidazole rings is 2. The average Bonchev–Trinajstić information content (AvgIpc) is 4.10. The van der Waals surface area contributed by atoms with Gasteiger partial charge in [0.05, 0.1) is 50.1 Å². The standard InChI is InChI=1S/C44H50N8O6/c1-24(2)37(50-44(56)58-5)42(54)51-18-6-7-36(51)39-45-22-34(48-39)27-10-8-26(9-11-27)28-12-13-30-20-31(15-14-29(30)19-28)35-23-46-40(49-35)38-32-16-17-33(21-32)52(38)41(53)25(3)47-43(55)57-4/h8-15,19-20,22-25,32-33,36-38H,6-7,16-18,21H2,1-5H3,(H,45,48)(H,46,49)(H,47,55)(H,50,56)/t25-,32-,33+,36-,37-,38-/m0/s1. The van der Waals surface area contributed by atoms with Crippen LogP contribution in [0.3, 0.4) is 0 Å². The molecule has 14 heteroatoms. The molecule has 4 heterocycles. The maximum absolute atomic E-state index is 13.6. The molecule has 5 aromatic rings. The summed E-state index contributed by atoms with van der Waals surface area (Å²) in [5.74, 6) is 1.46. The number of alkyl carbamates (subject to hydrolysis) is 2. The first-order chi connectivity index (χ1) is 28.0. The Labute approximate surface area is 337 Å². The fraction of sp³-hybridized carbons (Fsp3) is 0.409. The van der Waals surface area contributed by atoms with Crippen molar-refractivity contribution < 1.29 is 28.7 Å². The third-order valence-electron chi connectivity index (χ3n) is 12.1. The molecule has 2 aromatic heterocycles. The molecule has 14 nitrogen and oxygen atoms in total. The zero-order chi connectivity index (χ0) is 40.7. The Hall–Kier alpha value is -6.18. The summed E-state index contributed by atoms with van der Waals surface area (Å²) in [6.45, 7) is 6.10. The van der Waals surface area contributed by atoms with Crippen LogP contribution in [0.1, 0.15) is 76.6 Å². The van der Waals surface area contributed by atoms with Crippen molar-refractivity contribution >= 4 is 34.8 Å². The Bertz CT molecular complexity index is 2340. The zero-order valence-corrected chi connectivity index (χ0v) is 33.5. The summed E-state index contributed by atoms with van der Waals surface area (Å²) < 4.78 is 9.48. The highest BCUT2D eigenvalue weighted by atomic mass is 16.5. The van der Waals surface area contributed by atoms with Gasteiger partial charge in [-0.3, -0.25) is 9.59 Å². The van der Waals surface area contributed by atoms with Gasteiger partial charge in [0.15, 0.2) is 0 Å². The van der Waals surface area contributed by atoms with Crippen LogP contribution in [0.15, 0.2) is 73.1 Å². The topological polar surface area (TPSA) is 175 Å².